The van der Waals surface area contributed by atoms with Crippen molar-refractivity contribution in [3.05, 3.63) is 62.6 Å². The molecule has 12 heteroatoms. The molecule has 10 nitrogen and oxygen atoms in total. The molecule has 214 valence electrons. The van der Waals surface area contributed by atoms with E-state index in [0.29, 0.717) is 50.3 Å². The molecule has 2 aromatic carbocycles. The van der Waals surface area contributed by atoms with Gasteiger partial charge in [-0.2, -0.15) is 5.26 Å². The van der Waals surface area contributed by atoms with E-state index in [1.807, 2.05) is 6.92 Å². The molecule has 1 heterocycles. The summed E-state index contributed by atoms with van der Waals surface area (Å²) in [7, 11) is 0. The van der Waals surface area contributed by atoms with Crippen molar-refractivity contribution in [1.82, 2.24) is 15.5 Å². The number of hydrogen-bond donors (Lipinski definition) is 5. The number of halogens is 2. The average molecular weight is 591 g/mol. The molecular weight excluding hydrogens is 557 g/mol. The maximum Gasteiger partial charge on any atom is 0.328 e. The third-order valence-electron chi connectivity index (χ3n) is 6.72. The number of amidine groups is 1. The number of carbonyl (C=O) groups is 2. The number of aliphatic imine (C=N–C) groups is 1. The zero-order valence-electron chi connectivity index (χ0n) is 22.2. The van der Waals surface area contributed by atoms with Gasteiger partial charge in [0.25, 0.3) is 5.91 Å². The molecular formula is C28H33Cl2N5O5. The number of phenols is 1. The number of carboxylic acid groups (broad SMARTS) is 1. The maximum atomic E-state index is 13.1. The van der Waals surface area contributed by atoms with Crippen LogP contribution in [0.15, 0.2) is 35.3 Å². The van der Waals surface area contributed by atoms with Crippen LogP contribution in [0.2, 0.25) is 10.0 Å². The van der Waals surface area contributed by atoms with Gasteiger partial charge in [-0.05, 0) is 54.2 Å². The number of phenolic OH excluding ortho intramolecular Hbond substituents is 1. The Bertz CT molecular complexity index is 1300. The van der Waals surface area contributed by atoms with Crippen molar-refractivity contribution < 1.29 is 24.9 Å². The molecule has 1 amide bonds. The van der Waals surface area contributed by atoms with Crippen molar-refractivity contribution in [2.45, 2.75) is 57.7 Å². The Balaban J connectivity index is 1.68. The highest BCUT2D eigenvalue weighted by molar-refractivity contribution is 6.40. The van der Waals surface area contributed by atoms with Crippen LogP contribution < -0.4 is 10.6 Å². The largest absolute Gasteiger partial charge is 0.508 e. The summed E-state index contributed by atoms with van der Waals surface area (Å²) in [6, 6.07) is 6.86. The number of rotatable bonds is 12. The van der Waals surface area contributed by atoms with Gasteiger partial charge in [-0.15, -0.1) is 0 Å². The van der Waals surface area contributed by atoms with E-state index in [4.69, 9.17) is 28.5 Å². The first-order valence-electron chi connectivity index (χ1n) is 13.1. The molecule has 0 aromatic heterocycles. The van der Waals surface area contributed by atoms with Crippen LogP contribution in [0.4, 0.5) is 0 Å². The number of hydrogen-bond acceptors (Lipinski definition) is 7. The lowest BCUT2D eigenvalue weighted by molar-refractivity contribution is -0.138. The number of aliphatic carboxylic acids is 1. The Labute approximate surface area is 243 Å². The molecule has 3 rings (SSSR count). The number of nitrogens with zero attached hydrogens (tertiary/aromatic N) is 3. The van der Waals surface area contributed by atoms with Crippen LogP contribution in [0.5, 0.6) is 5.75 Å². The number of nitrogens with one attached hydrogen (secondary N) is 2. The SMILES string of the molecule is CCCCC(=NC[C@H](NC(=O)c1c(Cl)cc2c(c1Cl)CCN(CCC(O)c1cccc(O)c1)C2)C(=O)O)NC#N. The number of aliphatic hydroxyl groups is 1. The highest BCUT2D eigenvalue weighted by Crippen LogP contribution is 2.35. The first kappa shape index (κ1) is 31.2. The molecule has 0 saturated carbocycles. The van der Waals surface area contributed by atoms with Gasteiger partial charge in [0.05, 0.1) is 28.3 Å². The highest BCUT2D eigenvalue weighted by Gasteiger charge is 2.28. The summed E-state index contributed by atoms with van der Waals surface area (Å²) in [4.78, 5) is 31.3. The van der Waals surface area contributed by atoms with E-state index in [-0.39, 0.29) is 27.9 Å². The van der Waals surface area contributed by atoms with Gasteiger partial charge in [-0.1, -0.05) is 48.7 Å². The summed E-state index contributed by atoms with van der Waals surface area (Å²) in [6.07, 6.45) is 4.20. The molecule has 40 heavy (non-hydrogen) atoms. The molecule has 5 N–H and O–H groups in total. The molecule has 0 spiro atoms. The predicted octanol–water partition coefficient (Wildman–Crippen LogP) is 4.02. The third-order valence-corrected chi connectivity index (χ3v) is 7.44. The van der Waals surface area contributed by atoms with Gasteiger partial charge < -0.3 is 20.6 Å². The average Bonchev–Trinajstić information content (AvgIpc) is 2.92. The Morgan fingerprint density at radius 2 is 2.05 bits per heavy atom. The van der Waals surface area contributed by atoms with Crippen molar-refractivity contribution in [1.29, 1.82) is 5.26 Å². The standard InChI is InChI=1S/C28H33Cl2N5O5/c1-2-3-7-24(33-16-31)32-14-22(28(39)40)34-27(38)25-21(29)13-18-15-35(10-8-20(18)26(25)30)11-9-23(37)17-5-4-6-19(36)12-17/h4-6,12-13,22-23,36-37H,2-3,7-11,14-15H2,1H3,(H,32,33)(H,34,38)(H,39,40)/t22-,23?/m0/s1. The molecule has 0 bridgehead atoms. The molecule has 0 saturated heterocycles. The fraction of sp³-hybridized carbons (Fsp3) is 0.429. The van der Waals surface area contributed by atoms with Crippen LogP contribution in [-0.4, -0.2) is 63.6 Å². The van der Waals surface area contributed by atoms with E-state index in [0.717, 1.165) is 24.0 Å². The van der Waals surface area contributed by atoms with E-state index >= 15 is 0 Å². The maximum absolute atomic E-state index is 13.1. The lowest BCUT2D eigenvalue weighted by Gasteiger charge is -2.31. The van der Waals surface area contributed by atoms with Gasteiger partial charge in [0.15, 0.2) is 6.19 Å². The van der Waals surface area contributed by atoms with Crippen LogP contribution >= 0.6 is 23.2 Å². The number of benzene rings is 2. The van der Waals surface area contributed by atoms with Gasteiger partial charge >= 0.3 is 5.97 Å². The second-order valence-corrected chi connectivity index (χ2v) is 10.4. The summed E-state index contributed by atoms with van der Waals surface area (Å²) in [6.45, 7) is 3.47. The number of aliphatic hydroxyl groups excluding tert-OH is 1. The fourth-order valence-electron chi connectivity index (χ4n) is 4.52. The van der Waals surface area contributed by atoms with Crippen molar-refractivity contribution in [3.63, 3.8) is 0 Å². The normalized spacial score (nSPS) is 15.0. The summed E-state index contributed by atoms with van der Waals surface area (Å²) in [5.74, 6) is -1.55. The zero-order chi connectivity index (χ0) is 29.2. The summed E-state index contributed by atoms with van der Waals surface area (Å²) < 4.78 is 0. The van der Waals surface area contributed by atoms with Crippen LogP contribution in [0, 0.1) is 11.5 Å². The number of carbonyl (C=O) groups excluding carboxylic acids is 1. The van der Waals surface area contributed by atoms with Gasteiger partial charge in [0.1, 0.15) is 17.6 Å². The lowest BCUT2D eigenvalue weighted by atomic mass is 9.96. The predicted molar refractivity (Wildman–Crippen MR) is 153 cm³/mol. The number of nitriles is 1. The Morgan fingerprint density at radius 3 is 2.73 bits per heavy atom. The minimum Gasteiger partial charge on any atom is -0.508 e. The minimum atomic E-state index is -1.35. The van der Waals surface area contributed by atoms with Crippen molar-refractivity contribution in [2.24, 2.45) is 4.99 Å². The topological polar surface area (TPSA) is 158 Å². The fourth-order valence-corrected chi connectivity index (χ4v) is 5.28. The van der Waals surface area contributed by atoms with Gasteiger partial charge in [-0.3, -0.25) is 20.0 Å². The Hall–Kier alpha value is -3.36. The smallest absolute Gasteiger partial charge is 0.328 e. The van der Waals surface area contributed by atoms with E-state index < -0.39 is 24.0 Å². The number of fused-ring (bicyclic) bond motifs is 1. The van der Waals surface area contributed by atoms with Crippen molar-refractivity contribution >= 4 is 40.9 Å². The monoisotopic (exact) mass is 589 g/mol. The van der Waals surface area contributed by atoms with E-state index in [9.17, 15) is 24.9 Å². The van der Waals surface area contributed by atoms with Crippen molar-refractivity contribution in [3.8, 4) is 11.9 Å². The van der Waals surface area contributed by atoms with E-state index in [2.05, 4.69) is 20.5 Å². The molecule has 1 aliphatic rings. The van der Waals surface area contributed by atoms with Crippen molar-refractivity contribution in [2.75, 3.05) is 19.6 Å². The highest BCUT2D eigenvalue weighted by atomic mass is 35.5. The molecule has 2 aromatic rings. The van der Waals surface area contributed by atoms with Crippen LogP contribution in [-0.2, 0) is 17.8 Å². The Morgan fingerprint density at radius 1 is 1.27 bits per heavy atom. The second kappa shape index (κ2) is 14.9. The summed E-state index contributed by atoms with van der Waals surface area (Å²) >= 11 is 13.1. The number of unbranched alkanes of at least 4 members (excludes halogenated alkanes) is 1. The lowest BCUT2D eigenvalue weighted by Crippen LogP contribution is -2.43. The summed E-state index contributed by atoms with van der Waals surface area (Å²) in [5, 5.41) is 43.9. The zero-order valence-corrected chi connectivity index (χ0v) is 23.7. The number of amides is 1. The minimum absolute atomic E-state index is 0.00595. The first-order chi connectivity index (χ1) is 19.1. The Kier molecular flexibility index (Phi) is 11.6. The van der Waals surface area contributed by atoms with Gasteiger partial charge in [0.2, 0.25) is 0 Å². The number of aromatic hydroxyl groups is 1. The third kappa shape index (κ3) is 8.32. The molecule has 1 aliphatic heterocycles. The molecule has 0 aliphatic carbocycles. The van der Waals surface area contributed by atoms with Crippen LogP contribution in [0.25, 0.3) is 0 Å². The molecule has 1 unspecified atom stereocenters. The van der Waals surface area contributed by atoms with E-state index in [1.54, 1.807) is 30.5 Å². The van der Waals surface area contributed by atoms with E-state index in [1.165, 1.54) is 6.07 Å². The molecule has 0 fully saturated rings. The van der Waals surface area contributed by atoms with Gasteiger partial charge in [0, 0.05) is 26.1 Å². The summed E-state index contributed by atoms with van der Waals surface area (Å²) in [5.41, 5.74) is 2.27. The quantitative estimate of drug-likeness (QED) is 0.107. The molecule has 2 atom stereocenters. The first-order valence-corrected chi connectivity index (χ1v) is 13.8. The van der Waals surface area contributed by atoms with Crippen LogP contribution in [0.1, 0.15) is 65.8 Å². The van der Waals surface area contributed by atoms with Crippen LogP contribution in [0.3, 0.4) is 0 Å². The molecule has 0 radical (unpaired) electrons. The van der Waals surface area contributed by atoms with Gasteiger partial charge in [-0.25, -0.2) is 4.79 Å². The number of carboxylic acids is 1. The second-order valence-electron chi connectivity index (χ2n) is 9.60.